The molecule has 0 unspecified atom stereocenters. The van der Waals surface area contributed by atoms with Crippen molar-refractivity contribution in [3.63, 3.8) is 0 Å². The SMILES string of the molecule is CCOC(=O)c1ccccc1NC(=O)[C@H](C)Oc1cccc(OC)c1. The van der Waals surface area contributed by atoms with E-state index in [2.05, 4.69) is 5.32 Å². The van der Waals surface area contributed by atoms with Crippen LogP contribution < -0.4 is 14.8 Å². The number of benzene rings is 2. The van der Waals surface area contributed by atoms with E-state index in [0.717, 1.165) is 0 Å². The van der Waals surface area contributed by atoms with Crippen LogP contribution in [0.15, 0.2) is 48.5 Å². The molecule has 6 heteroatoms. The van der Waals surface area contributed by atoms with Crippen molar-refractivity contribution in [2.75, 3.05) is 19.0 Å². The van der Waals surface area contributed by atoms with Crippen LogP contribution in [-0.2, 0) is 9.53 Å². The van der Waals surface area contributed by atoms with E-state index < -0.39 is 12.1 Å². The molecule has 6 nitrogen and oxygen atoms in total. The van der Waals surface area contributed by atoms with Crippen LogP contribution in [0.3, 0.4) is 0 Å². The Hall–Kier alpha value is -3.02. The van der Waals surface area contributed by atoms with E-state index in [4.69, 9.17) is 14.2 Å². The number of ether oxygens (including phenoxy) is 3. The number of carbonyl (C=O) groups excluding carboxylic acids is 2. The zero-order chi connectivity index (χ0) is 18.2. The van der Waals surface area contributed by atoms with Crippen LogP contribution in [-0.4, -0.2) is 31.7 Å². The normalized spacial score (nSPS) is 11.3. The van der Waals surface area contributed by atoms with Crippen molar-refractivity contribution in [3.8, 4) is 11.5 Å². The molecule has 25 heavy (non-hydrogen) atoms. The number of hydrogen-bond acceptors (Lipinski definition) is 5. The molecule has 0 aliphatic rings. The van der Waals surface area contributed by atoms with Crippen LogP contribution in [0.25, 0.3) is 0 Å². The van der Waals surface area contributed by atoms with Gasteiger partial charge in [-0.1, -0.05) is 18.2 Å². The molecular weight excluding hydrogens is 322 g/mol. The smallest absolute Gasteiger partial charge is 0.340 e. The minimum atomic E-state index is -0.762. The van der Waals surface area contributed by atoms with Gasteiger partial charge in [0.05, 0.1) is 25.0 Å². The number of esters is 1. The van der Waals surface area contributed by atoms with Gasteiger partial charge in [0.2, 0.25) is 0 Å². The Morgan fingerprint density at radius 1 is 1.08 bits per heavy atom. The first-order valence-corrected chi connectivity index (χ1v) is 7.93. The highest BCUT2D eigenvalue weighted by atomic mass is 16.5. The Morgan fingerprint density at radius 3 is 2.52 bits per heavy atom. The molecule has 0 heterocycles. The van der Waals surface area contributed by atoms with Gasteiger partial charge in [-0.15, -0.1) is 0 Å². The number of para-hydroxylation sites is 1. The molecule has 132 valence electrons. The summed E-state index contributed by atoms with van der Waals surface area (Å²) in [5.41, 5.74) is 0.679. The van der Waals surface area contributed by atoms with Crippen molar-refractivity contribution in [2.45, 2.75) is 20.0 Å². The lowest BCUT2D eigenvalue weighted by Crippen LogP contribution is -2.30. The highest BCUT2D eigenvalue weighted by Crippen LogP contribution is 2.21. The fourth-order valence-electron chi connectivity index (χ4n) is 2.15. The maximum atomic E-state index is 12.4. The lowest BCUT2D eigenvalue weighted by Gasteiger charge is -2.16. The van der Waals surface area contributed by atoms with Crippen LogP contribution in [0.2, 0.25) is 0 Å². The molecule has 0 radical (unpaired) electrons. The van der Waals surface area contributed by atoms with Gasteiger partial charge >= 0.3 is 5.97 Å². The number of methoxy groups -OCH3 is 1. The summed E-state index contributed by atoms with van der Waals surface area (Å²) < 4.78 is 15.8. The molecule has 0 saturated heterocycles. The third-order valence-corrected chi connectivity index (χ3v) is 3.40. The zero-order valence-corrected chi connectivity index (χ0v) is 14.4. The lowest BCUT2D eigenvalue weighted by atomic mass is 10.1. The van der Waals surface area contributed by atoms with Crippen LogP contribution in [0.1, 0.15) is 24.2 Å². The summed E-state index contributed by atoms with van der Waals surface area (Å²) in [5.74, 6) is 0.290. The van der Waals surface area contributed by atoms with Gasteiger partial charge in [-0.3, -0.25) is 4.79 Å². The molecule has 1 N–H and O–H groups in total. The van der Waals surface area contributed by atoms with Crippen LogP contribution in [0, 0.1) is 0 Å². The van der Waals surface area contributed by atoms with E-state index in [0.29, 0.717) is 22.7 Å². The number of hydrogen-bond donors (Lipinski definition) is 1. The molecule has 1 atom stereocenters. The minimum Gasteiger partial charge on any atom is -0.497 e. The van der Waals surface area contributed by atoms with Gasteiger partial charge in [0.1, 0.15) is 11.5 Å². The van der Waals surface area contributed by atoms with Crippen molar-refractivity contribution < 1.29 is 23.8 Å². The van der Waals surface area contributed by atoms with E-state index >= 15 is 0 Å². The number of amides is 1. The number of rotatable bonds is 7. The average Bonchev–Trinajstić information content (AvgIpc) is 2.62. The summed E-state index contributed by atoms with van der Waals surface area (Å²) in [6, 6.07) is 13.7. The average molecular weight is 343 g/mol. The standard InChI is InChI=1S/C19H21NO5/c1-4-24-19(22)16-10-5-6-11-17(16)20-18(21)13(2)25-15-9-7-8-14(12-15)23-3/h5-13H,4H2,1-3H3,(H,20,21)/t13-/m0/s1. The van der Waals surface area contributed by atoms with E-state index in [1.807, 2.05) is 0 Å². The summed E-state index contributed by atoms with van der Waals surface area (Å²) in [6.07, 6.45) is -0.762. The maximum absolute atomic E-state index is 12.4. The van der Waals surface area contributed by atoms with Crippen molar-refractivity contribution in [1.29, 1.82) is 0 Å². The molecule has 0 fully saturated rings. The van der Waals surface area contributed by atoms with E-state index in [1.54, 1.807) is 69.5 Å². The summed E-state index contributed by atoms with van der Waals surface area (Å²) >= 11 is 0. The third-order valence-electron chi connectivity index (χ3n) is 3.40. The summed E-state index contributed by atoms with van der Waals surface area (Å²) in [4.78, 5) is 24.3. The first kappa shape index (κ1) is 18.3. The summed E-state index contributed by atoms with van der Waals surface area (Å²) in [5, 5.41) is 2.70. The quantitative estimate of drug-likeness (QED) is 0.781. The first-order valence-electron chi connectivity index (χ1n) is 7.93. The molecular formula is C19H21NO5. The van der Waals surface area contributed by atoms with Crippen molar-refractivity contribution >= 4 is 17.6 Å². The number of anilines is 1. The third kappa shape index (κ3) is 4.97. The van der Waals surface area contributed by atoms with Crippen molar-refractivity contribution in [3.05, 3.63) is 54.1 Å². The largest absolute Gasteiger partial charge is 0.497 e. The predicted octanol–water partition coefficient (Wildman–Crippen LogP) is 3.28. The molecule has 2 aromatic rings. The van der Waals surface area contributed by atoms with Crippen LogP contribution >= 0.6 is 0 Å². The van der Waals surface area contributed by atoms with E-state index in [1.165, 1.54) is 0 Å². The molecule has 0 aliphatic heterocycles. The Morgan fingerprint density at radius 2 is 1.80 bits per heavy atom. The topological polar surface area (TPSA) is 73.9 Å². The molecule has 0 spiro atoms. The van der Waals surface area contributed by atoms with E-state index in [-0.39, 0.29) is 12.5 Å². The van der Waals surface area contributed by atoms with Gasteiger partial charge < -0.3 is 19.5 Å². The van der Waals surface area contributed by atoms with Gasteiger partial charge in [0.15, 0.2) is 6.10 Å². The molecule has 1 amide bonds. The Balaban J connectivity index is 2.07. The van der Waals surface area contributed by atoms with Gasteiger partial charge in [0.25, 0.3) is 5.91 Å². The fraction of sp³-hybridized carbons (Fsp3) is 0.263. The monoisotopic (exact) mass is 343 g/mol. The first-order chi connectivity index (χ1) is 12.0. The fourth-order valence-corrected chi connectivity index (χ4v) is 2.15. The second-order valence-corrected chi connectivity index (χ2v) is 5.19. The second-order valence-electron chi connectivity index (χ2n) is 5.19. The second kappa shape index (κ2) is 8.73. The number of carbonyl (C=O) groups is 2. The Kier molecular flexibility index (Phi) is 6.39. The van der Waals surface area contributed by atoms with Gasteiger partial charge in [-0.25, -0.2) is 4.79 Å². The minimum absolute atomic E-state index is 0.260. The van der Waals surface area contributed by atoms with Crippen LogP contribution in [0.5, 0.6) is 11.5 Å². The van der Waals surface area contributed by atoms with Crippen LogP contribution in [0.4, 0.5) is 5.69 Å². The Labute approximate surface area is 146 Å². The Bertz CT molecular complexity index is 744. The van der Waals surface area contributed by atoms with Gasteiger partial charge in [-0.05, 0) is 38.1 Å². The lowest BCUT2D eigenvalue weighted by molar-refractivity contribution is -0.122. The summed E-state index contributed by atoms with van der Waals surface area (Å²) in [7, 11) is 1.56. The van der Waals surface area contributed by atoms with Gasteiger partial charge in [-0.2, -0.15) is 0 Å². The highest BCUT2D eigenvalue weighted by Gasteiger charge is 2.19. The van der Waals surface area contributed by atoms with Crippen molar-refractivity contribution in [1.82, 2.24) is 0 Å². The highest BCUT2D eigenvalue weighted by molar-refractivity contribution is 6.02. The predicted molar refractivity (Wildman–Crippen MR) is 94.1 cm³/mol. The van der Waals surface area contributed by atoms with E-state index in [9.17, 15) is 9.59 Å². The summed E-state index contributed by atoms with van der Waals surface area (Å²) in [6.45, 7) is 3.61. The molecule has 0 aliphatic carbocycles. The molecule has 2 aromatic carbocycles. The molecule has 0 saturated carbocycles. The molecule has 2 rings (SSSR count). The molecule has 0 aromatic heterocycles. The zero-order valence-electron chi connectivity index (χ0n) is 14.4. The molecule has 0 bridgehead atoms. The van der Waals surface area contributed by atoms with Gasteiger partial charge in [0, 0.05) is 6.07 Å². The maximum Gasteiger partial charge on any atom is 0.340 e. The number of nitrogens with one attached hydrogen (secondary N) is 1. The van der Waals surface area contributed by atoms with Crippen molar-refractivity contribution in [2.24, 2.45) is 0 Å².